The normalized spacial score (nSPS) is 11.7. The predicted molar refractivity (Wildman–Crippen MR) is 161 cm³/mol. The molecular weight excluding hydrogens is 462 g/mol. The zero-order valence-electron chi connectivity index (χ0n) is 20.6. The van der Waals surface area contributed by atoms with Crippen molar-refractivity contribution in [3.05, 3.63) is 140 Å². The van der Waals surface area contributed by atoms with Gasteiger partial charge in [0.1, 0.15) is 11.2 Å². The zero-order valence-corrected chi connectivity index (χ0v) is 20.6. The van der Waals surface area contributed by atoms with Gasteiger partial charge < -0.3 is 9.32 Å². The van der Waals surface area contributed by atoms with Crippen molar-refractivity contribution in [1.29, 1.82) is 0 Å². The van der Waals surface area contributed by atoms with Crippen molar-refractivity contribution in [3.8, 4) is 0 Å². The van der Waals surface area contributed by atoms with E-state index < -0.39 is 0 Å². The van der Waals surface area contributed by atoms with Crippen molar-refractivity contribution < 1.29 is 4.42 Å². The van der Waals surface area contributed by atoms with E-state index in [-0.39, 0.29) is 0 Å². The molecule has 2 heteroatoms. The van der Waals surface area contributed by atoms with Gasteiger partial charge in [-0.3, -0.25) is 0 Å². The van der Waals surface area contributed by atoms with E-state index in [1.807, 2.05) is 6.07 Å². The van der Waals surface area contributed by atoms with Crippen molar-refractivity contribution in [2.75, 3.05) is 4.90 Å². The van der Waals surface area contributed by atoms with Crippen LogP contribution in [0, 0.1) is 0 Å². The van der Waals surface area contributed by atoms with Gasteiger partial charge in [0, 0.05) is 32.3 Å². The topological polar surface area (TPSA) is 16.4 Å². The summed E-state index contributed by atoms with van der Waals surface area (Å²) in [5, 5.41) is 9.38. The monoisotopic (exact) mass is 485 g/mol. The zero-order chi connectivity index (χ0) is 25.1. The number of hydrogen-bond donors (Lipinski definition) is 0. The third-order valence-corrected chi connectivity index (χ3v) is 7.62. The lowest BCUT2D eigenvalue weighted by atomic mass is 9.99. The van der Waals surface area contributed by atoms with Gasteiger partial charge in [0.05, 0.1) is 17.1 Å². The average molecular weight is 486 g/mol. The molecule has 0 bridgehead atoms. The fraction of sp³-hybridized carbons (Fsp3) is 0. The molecule has 1 aromatic heterocycles. The Bertz CT molecular complexity index is 2060. The average Bonchev–Trinajstić information content (AvgIpc) is 3.36. The molecule has 0 unspecified atom stereocenters. The molecule has 0 amide bonds. The first-order valence-corrected chi connectivity index (χ1v) is 13.0. The number of furan rings is 1. The van der Waals surface area contributed by atoms with Crippen LogP contribution in [0.2, 0.25) is 0 Å². The van der Waals surface area contributed by atoms with E-state index >= 15 is 0 Å². The summed E-state index contributed by atoms with van der Waals surface area (Å²) in [4.78, 5) is 2.44. The molecule has 0 aliphatic heterocycles. The van der Waals surface area contributed by atoms with Gasteiger partial charge in [-0.15, -0.1) is 0 Å². The summed E-state index contributed by atoms with van der Waals surface area (Å²) < 4.78 is 6.43. The SMILES string of the molecule is c1ccc2c(N(c3cccc4ccccc34)c3cc4c5ccccc5oc4c4ccccc34)cccc2c1. The van der Waals surface area contributed by atoms with E-state index in [0.717, 1.165) is 49.8 Å². The highest BCUT2D eigenvalue weighted by atomic mass is 16.3. The number of nitrogens with zero attached hydrogens (tertiary/aromatic N) is 1. The van der Waals surface area contributed by atoms with Gasteiger partial charge in [-0.1, -0.05) is 115 Å². The fourth-order valence-electron chi connectivity index (χ4n) is 5.91. The van der Waals surface area contributed by atoms with Crippen LogP contribution in [0.1, 0.15) is 0 Å². The van der Waals surface area contributed by atoms with Gasteiger partial charge in [-0.05, 0) is 35.0 Å². The Morgan fingerprint density at radius 3 is 1.53 bits per heavy atom. The van der Waals surface area contributed by atoms with Gasteiger partial charge in [0.25, 0.3) is 0 Å². The fourth-order valence-corrected chi connectivity index (χ4v) is 5.91. The second-order valence-electron chi connectivity index (χ2n) is 9.75. The Labute approximate surface area is 220 Å². The Morgan fingerprint density at radius 2 is 0.868 bits per heavy atom. The molecule has 178 valence electrons. The molecule has 0 fully saturated rings. The lowest BCUT2D eigenvalue weighted by Crippen LogP contribution is -2.11. The molecule has 0 spiro atoms. The third kappa shape index (κ3) is 3.07. The summed E-state index contributed by atoms with van der Waals surface area (Å²) in [5.74, 6) is 0. The van der Waals surface area contributed by atoms with Gasteiger partial charge in [-0.25, -0.2) is 0 Å². The second-order valence-corrected chi connectivity index (χ2v) is 9.75. The molecule has 8 rings (SSSR count). The molecule has 7 aromatic carbocycles. The standard InChI is InChI=1S/C36H23NO/c1-3-15-26-24(11-1)13-9-20-32(26)37(33-21-10-14-25-12-2-4-16-27(25)33)34-23-31-29-18-7-8-22-35(29)38-36(31)30-19-6-5-17-28(30)34/h1-23H. The van der Waals surface area contributed by atoms with E-state index in [1.165, 1.54) is 21.5 Å². The van der Waals surface area contributed by atoms with Crippen LogP contribution in [0.25, 0.3) is 54.3 Å². The highest BCUT2D eigenvalue weighted by molar-refractivity contribution is 6.20. The first-order chi connectivity index (χ1) is 18.9. The summed E-state index contributed by atoms with van der Waals surface area (Å²) in [5.41, 5.74) is 5.27. The summed E-state index contributed by atoms with van der Waals surface area (Å²) in [6.07, 6.45) is 0. The van der Waals surface area contributed by atoms with Crippen molar-refractivity contribution in [2.45, 2.75) is 0 Å². The van der Waals surface area contributed by atoms with Gasteiger partial charge >= 0.3 is 0 Å². The van der Waals surface area contributed by atoms with Crippen LogP contribution >= 0.6 is 0 Å². The third-order valence-electron chi connectivity index (χ3n) is 7.62. The minimum atomic E-state index is 0.909. The minimum absolute atomic E-state index is 0.909. The number of benzene rings is 7. The van der Waals surface area contributed by atoms with E-state index in [9.17, 15) is 0 Å². The maximum absolute atomic E-state index is 6.43. The van der Waals surface area contributed by atoms with Crippen LogP contribution in [-0.2, 0) is 0 Å². The smallest absolute Gasteiger partial charge is 0.143 e. The van der Waals surface area contributed by atoms with Gasteiger partial charge in [-0.2, -0.15) is 0 Å². The maximum atomic E-state index is 6.43. The van der Waals surface area contributed by atoms with Crippen LogP contribution in [0.15, 0.2) is 144 Å². The second kappa shape index (κ2) is 8.22. The number of fused-ring (bicyclic) bond motifs is 7. The summed E-state index contributed by atoms with van der Waals surface area (Å²) in [6.45, 7) is 0. The molecule has 2 nitrogen and oxygen atoms in total. The summed E-state index contributed by atoms with van der Waals surface area (Å²) >= 11 is 0. The largest absolute Gasteiger partial charge is 0.455 e. The Morgan fingerprint density at radius 1 is 0.368 bits per heavy atom. The molecule has 0 radical (unpaired) electrons. The summed E-state index contributed by atoms with van der Waals surface area (Å²) in [6, 6.07) is 49.6. The molecule has 8 aromatic rings. The van der Waals surface area contributed by atoms with E-state index in [4.69, 9.17) is 4.42 Å². The highest BCUT2D eigenvalue weighted by Gasteiger charge is 2.22. The van der Waals surface area contributed by atoms with Gasteiger partial charge in [0.2, 0.25) is 0 Å². The van der Waals surface area contributed by atoms with Crippen molar-refractivity contribution in [3.63, 3.8) is 0 Å². The Kier molecular flexibility index (Phi) is 4.55. The first-order valence-electron chi connectivity index (χ1n) is 13.0. The minimum Gasteiger partial charge on any atom is -0.455 e. The van der Waals surface area contributed by atoms with E-state index in [0.29, 0.717) is 0 Å². The molecule has 0 atom stereocenters. The molecule has 0 N–H and O–H groups in total. The number of hydrogen-bond acceptors (Lipinski definition) is 2. The highest BCUT2D eigenvalue weighted by Crippen LogP contribution is 2.47. The number of rotatable bonds is 3. The molecule has 38 heavy (non-hydrogen) atoms. The van der Waals surface area contributed by atoms with Crippen LogP contribution in [0.4, 0.5) is 17.1 Å². The molecule has 0 aliphatic carbocycles. The molecule has 0 aliphatic rings. The van der Waals surface area contributed by atoms with Crippen LogP contribution in [0.5, 0.6) is 0 Å². The Balaban J connectivity index is 1.56. The molecule has 0 saturated carbocycles. The predicted octanol–water partition coefficient (Wildman–Crippen LogP) is 10.5. The number of para-hydroxylation sites is 1. The van der Waals surface area contributed by atoms with Crippen molar-refractivity contribution in [1.82, 2.24) is 0 Å². The van der Waals surface area contributed by atoms with Crippen molar-refractivity contribution >= 4 is 71.3 Å². The van der Waals surface area contributed by atoms with Crippen LogP contribution < -0.4 is 4.90 Å². The maximum Gasteiger partial charge on any atom is 0.143 e. The van der Waals surface area contributed by atoms with Crippen molar-refractivity contribution in [2.24, 2.45) is 0 Å². The summed E-state index contributed by atoms with van der Waals surface area (Å²) in [7, 11) is 0. The van der Waals surface area contributed by atoms with Crippen LogP contribution in [-0.4, -0.2) is 0 Å². The molecule has 0 saturated heterocycles. The first kappa shape index (κ1) is 21.0. The van der Waals surface area contributed by atoms with Crippen LogP contribution in [0.3, 0.4) is 0 Å². The van der Waals surface area contributed by atoms with E-state index in [1.54, 1.807) is 0 Å². The molecule has 1 heterocycles. The lowest BCUT2D eigenvalue weighted by molar-refractivity contribution is 0.672. The molecular formula is C36H23NO. The lowest BCUT2D eigenvalue weighted by Gasteiger charge is -2.29. The van der Waals surface area contributed by atoms with Gasteiger partial charge in [0.15, 0.2) is 0 Å². The quantitative estimate of drug-likeness (QED) is 0.247. The number of anilines is 3. The Hall–Kier alpha value is -5.08. The van der Waals surface area contributed by atoms with E-state index in [2.05, 4.69) is 138 Å².